The lowest BCUT2D eigenvalue weighted by molar-refractivity contribution is -0.141. The summed E-state index contributed by atoms with van der Waals surface area (Å²) in [5.41, 5.74) is 0. The van der Waals surface area contributed by atoms with E-state index >= 15 is 0 Å². The number of rotatable bonds is 4. The molecule has 1 N–H and O–H groups in total. The van der Waals surface area contributed by atoms with Gasteiger partial charge in [0.25, 0.3) is 5.91 Å². The number of amides is 1. The summed E-state index contributed by atoms with van der Waals surface area (Å²) in [5.74, 6) is -2.00. The molecular weight excluding hydrogens is 208 g/mol. The molecular formula is C9H13F2NO3. The second kappa shape index (κ2) is 5.04. The van der Waals surface area contributed by atoms with E-state index in [2.05, 4.69) is 0 Å². The summed E-state index contributed by atoms with van der Waals surface area (Å²) in [6, 6.07) is 0. The highest BCUT2D eigenvalue weighted by atomic mass is 19.3. The summed E-state index contributed by atoms with van der Waals surface area (Å²) < 4.78 is 24.1. The number of nitrogens with zero attached hydrogens (tertiary/aromatic N) is 1. The van der Waals surface area contributed by atoms with Crippen LogP contribution in [0, 0.1) is 5.92 Å². The van der Waals surface area contributed by atoms with Crippen LogP contribution in [0.5, 0.6) is 0 Å². The molecule has 4 nitrogen and oxygen atoms in total. The smallest absolute Gasteiger partial charge is 0.315 e. The number of hydrogen-bond acceptors (Lipinski definition) is 2. The summed E-state index contributed by atoms with van der Waals surface area (Å²) in [7, 11) is 0. The number of carbonyl (C=O) groups is 2. The van der Waals surface area contributed by atoms with Gasteiger partial charge in [-0.1, -0.05) is 0 Å². The van der Waals surface area contributed by atoms with E-state index in [-0.39, 0.29) is 18.9 Å². The van der Waals surface area contributed by atoms with Crippen LogP contribution in [-0.2, 0) is 9.59 Å². The summed E-state index contributed by atoms with van der Waals surface area (Å²) in [5, 5.41) is 8.44. The van der Waals surface area contributed by atoms with Crippen molar-refractivity contribution in [1.29, 1.82) is 0 Å². The Balaban J connectivity index is 2.32. The molecule has 6 heteroatoms. The number of carboxylic acid groups (broad SMARTS) is 1. The highest BCUT2D eigenvalue weighted by molar-refractivity contribution is 5.79. The zero-order valence-corrected chi connectivity index (χ0v) is 8.16. The number of carboxylic acids is 1. The van der Waals surface area contributed by atoms with Crippen molar-refractivity contribution in [2.24, 2.45) is 5.92 Å². The van der Waals surface area contributed by atoms with Gasteiger partial charge in [-0.2, -0.15) is 8.78 Å². The van der Waals surface area contributed by atoms with Gasteiger partial charge in [0.05, 0.1) is 0 Å². The number of halogens is 2. The average Bonchev–Trinajstić information content (AvgIpc) is 2.61. The van der Waals surface area contributed by atoms with E-state index in [4.69, 9.17) is 5.11 Å². The molecule has 0 saturated carbocycles. The Bertz CT molecular complexity index is 258. The number of carbonyl (C=O) groups excluding carboxylic acids is 1. The first-order valence-corrected chi connectivity index (χ1v) is 4.79. The first kappa shape index (κ1) is 11.9. The zero-order valence-electron chi connectivity index (χ0n) is 8.16. The highest BCUT2D eigenvalue weighted by Crippen LogP contribution is 2.22. The number of hydrogen-bond donors (Lipinski definition) is 1. The molecule has 1 aliphatic rings. The second-order valence-electron chi connectivity index (χ2n) is 3.67. The van der Waals surface area contributed by atoms with Gasteiger partial charge in [-0.15, -0.1) is 0 Å². The molecule has 1 unspecified atom stereocenters. The van der Waals surface area contributed by atoms with E-state index in [1.54, 1.807) is 0 Å². The molecule has 1 fully saturated rings. The van der Waals surface area contributed by atoms with Crippen LogP contribution in [0.15, 0.2) is 0 Å². The van der Waals surface area contributed by atoms with Gasteiger partial charge >= 0.3 is 12.4 Å². The third-order valence-electron chi connectivity index (χ3n) is 2.55. The predicted octanol–water partition coefficient (Wildman–Crippen LogP) is 0.965. The Morgan fingerprint density at radius 2 is 2.13 bits per heavy atom. The van der Waals surface area contributed by atoms with E-state index in [1.807, 2.05) is 0 Å². The highest BCUT2D eigenvalue weighted by Gasteiger charge is 2.30. The summed E-state index contributed by atoms with van der Waals surface area (Å²) in [4.78, 5) is 22.3. The van der Waals surface area contributed by atoms with Crippen LogP contribution in [0.3, 0.4) is 0 Å². The maximum Gasteiger partial charge on any atom is 0.315 e. The molecule has 1 amide bonds. The molecule has 0 aromatic carbocycles. The Hall–Kier alpha value is -1.20. The Morgan fingerprint density at radius 3 is 2.67 bits per heavy atom. The zero-order chi connectivity index (χ0) is 11.4. The fourth-order valence-electron chi connectivity index (χ4n) is 1.73. The molecule has 0 spiro atoms. The molecule has 1 aliphatic heterocycles. The lowest BCUT2D eigenvalue weighted by atomic mass is 10.0. The third kappa shape index (κ3) is 3.45. The standard InChI is InChI=1S/C9H13F2NO3/c10-8(11)9(15)12-4-3-6(5-12)1-2-7(13)14/h6,8H,1-5H2,(H,13,14). The third-order valence-corrected chi connectivity index (χ3v) is 2.55. The first-order chi connectivity index (χ1) is 7.00. The van der Waals surface area contributed by atoms with Crippen molar-refractivity contribution in [3.05, 3.63) is 0 Å². The van der Waals surface area contributed by atoms with Gasteiger partial charge in [0.1, 0.15) is 0 Å². The monoisotopic (exact) mass is 221 g/mol. The van der Waals surface area contributed by atoms with Crippen molar-refractivity contribution < 1.29 is 23.5 Å². The Labute approximate surface area is 85.9 Å². The van der Waals surface area contributed by atoms with Gasteiger partial charge in [0.2, 0.25) is 0 Å². The van der Waals surface area contributed by atoms with Crippen LogP contribution in [0.2, 0.25) is 0 Å². The quantitative estimate of drug-likeness (QED) is 0.769. The van der Waals surface area contributed by atoms with Crippen LogP contribution in [0.4, 0.5) is 8.78 Å². The number of aliphatic carboxylic acids is 1. The van der Waals surface area contributed by atoms with Gasteiger partial charge < -0.3 is 10.0 Å². The molecule has 86 valence electrons. The van der Waals surface area contributed by atoms with Gasteiger partial charge in [0.15, 0.2) is 0 Å². The molecule has 0 aromatic heterocycles. The minimum Gasteiger partial charge on any atom is -0.481 e. The number of likely N-dealkylation sites (tertiary alicyclic amines) is 1. The van der Waals surface area contributed by atoms with E-state index in [1.165, 1.54) is 0 Å². The van der Waals surface area contributed by atoms with Crippen LogP contribution < -0.4 is 0 Å². The molecule has 1 saturated heterocycles. The molecule has 1 heterocycles. The van der Waals surface area contributed by atoms with Gasteiger partial charge in [-0.05, 0) is 18.8 Å². The van der Waals surface area contributed by atoms with Crippen molar-refractivity contribution in [3.63, 3.8) is 0 Å². The van der Waals surface area contributed by atoms with Gasteiger partial charge in [-0.3, -0.25) is 9.59 Å². The molecule has 0 aliphatic carbocycles. The van der Waals surface area contributed by atoms with Crippen molar-refractivity contribution >= 4 is 11.9 Å². The maximum atomic E-state index is 12.0. The van der Waals surface area contributed by atoms with E-state index in [0.29, 0.717) is 19.4 Å². The predicted molar refractivity (Wildman–Crippen MR) is 47.6 cm³/mol. The van der Waals surface area contributed by atoms with Crippen LogP contribution in [0.1, 0.15) is 19.3 Å². The summed E-state index contributed by atoms with van der Waals surface area (Å²) in [6.45, 7) is 0.573. The minimum atomic E-state index is -2.96. The normalized spacial score (nSPS) is 21.0. The molecule has 1 rings (SSSR count). The van der Waals surface area contributed by atoms with E-state index in [0.717, 1.165) is 4.90 Å². The van der Waals surface area contributed by atoms with Gasteiger partial charge in [0, 0.05) is 19.5 Å². The fraction of sp³-hybridized carbons (Fsp3) is 0.778. The largest absolute Gasteiger partial charge is 0.481 e. The maximum absolute atomic E-state index is 12.0. The fourth-order valence-corrected chi connectivity index (χ4v) is 1.73. The Kier molecular flexibility index (Phi) is 3.99. The van der Waals surface area contributed by atoms with Crippen molar-refractivity contribution in [3.8, 4) is 0 Å². The van der Waals surface area contributed by atoms with E-state index < -0.39 is 18.3 Å². The molecule has 0 bridgehead atoms. The molecule has 0 radical (unpaired) electrons. The topological polar surface area (TPSA) is 57.6 Å². The second-order valence-corrected chi connectivity index (χ2v) is 3.67. The van der Waals surface area contributed by atoms with Crippen LogP contribution in [-0.4, -0.2) is 41.4 Å². The minimum absolute atomic E-state index is 0.0291. The van der Waals surface area contributed by atoms with Crippen molar-refractivity contribution in [2.75, 3.05) is 13.1 Å². The summed E-state index contributed by atoms with van der Waals surface area (Å²) >= 11 is 0. The lowest BCUT2D eigenvalue weighted by Gasteiger charge is -2.15. The van der Waals surface area contributed by atoms with Crippen LogP contribution in [0.25, 0.3) is 0 Å². The first-order valence-electron chi connectivity index (χ1n) is 4.79. The van der Waals surface area contributed by atoms with Crippen LogP contribution >= 0.6 is 0 Å². The van der Waals surface area contributed by atoms with Gasteiger partial charge in [-0.25, -0.2) is 0 Å². The SMILES string of the molecule is O=C(O)CCC1CCN(C(=O)C(F)F)C1. The number of alkyl halides is 2. The van der Waals surface area contributed by atoms with Crippen molar-refractivity contribution in [1.82, 2.24) is 4.90 Å². The lowest BCUT2D eigenvalue weighted by Crippen LogP contribution is -2.33. The molecule has 15 heavy (non-hydrogen) atoms. The van der Waals surface area contributed by atoms with Crippen molar-refractivity contribution in [2.45, 2.75) is 25.7 Å². The Morgan fingerprint density at radius 1 is 1.47 bits per heavy atom. The summed E-state index contributed by atoms with van der Waals surface area (Å²) in [6.07, 6.45) is -1.86. The molecule has 1 atom stereocenters. The van der Waals surface area contributed by atoms with E-state index in [9.17, 15) is 18.4 Å². The molecule has 0 aromatic rings. The average molecular weight is 221 g/mol.